The molecule has 41 heteroatoms. The second-order valence-electron chi connectivity index (χ2n) is 14.9. The normalized spacial score (nSPS) is 16.3. The van der Waals surface area contributed by atoms with Crippen LogP contribution in [0, 0.1) is 0 Å². The standard InChI is InChI=1S/C35H52F20O21/c36-26(37,17-67-13-23(60)11-65-9-21(58)7-63-5-1-3-56)71-30(44,45)32(48,49)76-35(54,55)74-29(42,43)20-70-16-25(62)15-68-18-27(38,39)72-31(46,47)33(50,51)75-34(52,53)73-28(40,41)19-69-14-24(61)12-66-10-22(59)8-64-6-2-4-57/h21-25,56-62H,1-20H2. The van der Waals surface area contributed by atoms with E-state index >= 15 is 0 Å². The van der Waals surface area contributed by atoms with Gasteiger partial charge in [-0.2, -0.15) is 70.2 Å². The molecule has 5 atom stereocenters. The fourth-order valence-electron chi connectivity index (χ4n) is 4.37. The van der Waals surface area contributed by atoms with E-state index in [1.807, 2.05) is 0 Å². The number of hydrogen-bond donors (Lipinski definition) is 7. The Morgan fingerprint density at radius 1 is 0.263 bits per heavy atom. The molecule has 0 aromatic rings. The molecule has 0 aromatic heterocycles. The van der Waals surface area contributed by atoms with E-state index in [-0.39, 0.29) is 52.5 Å². The summed E-state index contributed by atoms with van der Waals surface area (Å²) in [6.45, 7) is -19.6. The molecule has 0 aliphatic carbocycles. The van der Waals surface area contributed by atoms with Crippen molar-refractivity contribution in [1.29, 1.82) is 0 Å². The van der Waals surface area contributed by atoms with Gasteiger partial charge in [-0.3, -0.25) is 0 Å². The van der Waals surface area contributed by atoms with E-state index in [1.54, 1.807) is 0 Å². The van der Waals surface area contributed by atoms with Gasteiger partial charge in [0.25, 0.3) is 0 Å². The zero-order chi connectivity index (χ0) is 58.9. The Morgan fingerprint density at radius 3 is 0.697 bits per heavy atom. The van der Waals surface area contributed by atoms with Crippen LogP contribution >= 0.6 is 0 Å². The Balaban J connectivity index is 4.96. The predicted octanol–water partition coefficient (Wildman–Crippen LogP) is 2.63. The van der Waals surface area contributed by atoms with Crippen molar-refractivity contribution in [2.24, 2.45) is 0 Å². The Morgan fingerprint density at radius 2 is 0.461 bits per heavy atom. The highest BCUT2D eigenvalue weighted by Crippen LogP contribution is 2.46. The van der Waals surface area contributed by atoms with Crippen LogP contribution in [0.4, 0.5) is 87.8 Å². The molecule has 0 fully saturated rings. The molecule has 0 aromatic carbocycles. The average Bonchev–Trinajstić information content (AvgIpc) is 3.21. The smallest absolute Gasteiger partial charge is 0.396 e. The number of rotatable bonds is 48. The molecule has 0 aliphatic rings. The maximum atomic E-state index is 13.9. The molecule has 0 rings (SSSR count). The first kappa shape index (κ1) is 73.8. The monoisotopic (exact) mass is 1190 g/mol. The van der Waals surface area contributed by atoms with Crippen molar-refractivity contribution in [1.82, 2.24) is 0 Å². The van der Waals surface area contributed by atoms with Gasteiger partial charge in [-0.1, -0.05) is 0 Å². The van der Waals surface area contributed by atoms with Crippen molar-refractivity contribution in [2.45, 2.75) is 105 Å². The second kappa shape index (κ2) is 32.9. The lowest BCUT2D eigenvalue weighted by Crippen LogP contribution is -2.54. The van der Waals surface area contributed by atoms with Crippen LogP contribution in [-0.4, -0.2) is 247 Å². The molecule has 458 valence electrons. The molecule has 0 bridgehead atoms. The summed E-state index contributed by atoms with van der Waals surface area (Å²) < 4.78 is 326. The van der Waals surface area contributed by atoms with Crippen LogP contribution in [0.15, 0.2) is 0 Å². The first-order valence-corrected chi connectivity index (χ1v) is 20.8. The molecular formula is C35H52F20O21. The molecule has 21 nitrogen and oxygen atoms in total. The number of ether oxygens (including phenoxy) is 14. The summed E-state index contributed by atoms with van der Waals surface area (Å²) in [5.41, 5.74) is 0. The summed E-state index contributed by atoms with van der Waals surface area (Å²) in [5.74, 6) is 0. The molecular weight excluding hydrogens is 1140 g/mol. The summed E-state index contributed by atoms with van der Waals surface area (Å²) >= 11 is 0. The first-order chi connectivity index (χ1) is 34.5. The first-order valence-electron chi connectivity index (χ1n) is 20.8. The van der Waals surface area contributed by atoms with E-state index in [4.69, 9.17) is 29.2 Å². The molecule has 0 spiro atoms. The van der Waals surface area contributed by atoms with Crippen molar-refractivity contribution in [2.75, 3.05) is 119 Å². The molecule has 0 amide bonds. The maximum Gasteiger partial charge on any atom is 0.495 e. The lowest BCUT2D eigenvalue weighted by molar-refractivity contribution is -0.567. The minimum Gasteiger partial charge on any atom is -0.396 e. The maximum absolute atomic E-state index is 13.9. The SMILES string of the molecule is OCCCOCC(O)COCC(O)COCC(F)(F)OC(F)(F)OC(F)(F)C(F)(F)OC(F)(F)COCC(O)COCC(F)(F)OC(F)(F)OC(F)(F)C(F)(F)OC(F)(F)COCC(O)COCC(O)COCCCO. The van der Waals surface area contributed by atoms with Crippen molar-refractivity contribution in [3.05, 3.63) is 0 Å². The summed E-state index contributed by atoms with van der Waals surface area (Å²) in [5, 5.41) is 65.1. The Bertz CT molecular complexity index is 1550. The Labute approximate surface area is 414 Å². The van der Waals surface area contributed by atoms with Crippen LogP contribution in [0.2, 0.25) is 0 Å². The van der Waals surface area contributed by atoms with Crippen LogP contribution in [0.5, 0.6) is 0 Å². The topological polar surface area (TPSA) is 271 Å². The van der Waals surface area contributed by atoms with Gasteiger partial charge in [0, 0.05) is 26.4 Å². The van der Waals surface area contributed by atoms with Gasteiger partial charge in [-0.25, -0.2) is 28.4 Å². The second-order valence-corrected chi connectivity index (χ2v) is 14.9. The molecule has 0 radical (unpaired) electrons. The predicted molar refractivity (Wildman–Crippen MR) is 196 cm³/mol. The third kappa shape index (κ3) is 33.4. The quantitative estimate of drug-likeness (QED) is 0.0262. The lowest BCUT2D eigenvalue weighted by atomic mass is 10.4. The highest BCUT2D eigenvalue weighted by atomic mass is 19.4. The van der Waals surface area contributed by atoms with Crippen LogP contribution in [-0.2, 0) is 66.3 Å². The van der Waals surface area contributed by atoms with Crippen molar-refractivity contribution in [3.8, 4) is 0 Å². The van der Waals surface area contributed by atoms with E-state index in [0.717, 1.165) is 0 Å². The van der Waals surface area contributed by atoms with Gasteiger partial charge in [0.05, 0.1) is 66.1 Å². The van der Waals surface area contributed by atoms with Gasteiger partial charge in [-0.05, 0) is 12.8 Å². The summed E-state index contributed by atoms with van der Waals surface area (Å²) in [6.07, 6.45) is -71.6. The van der Waals surface area contributed by atoms with E-state index in [9.17, 15) is 113 Å². The van der Waals surface area contributed by atoms with Crippen molar-refractivity contribution in [3.63, 3.8) is 0 Å². The zero-order valence-corrected chi connectivity index (χ0v) is 38.4. The number of halogens is 20. The molecule has 5 unspecified atom stereocenters. The largest absolute Gasteiger partial charge is 0.495 e. The number of aliphatic hydroxyl groups excluding tert-OH is 7. The van der Waals surface area contributed by atoms with Gasteiger partial charge in [0.1, 0.15) is 56.9 Å². The zero-order valence-electron chi connectivity index (χ0n) is 38.4. The summed E-state index contributed by atoms with van der Waals surface area (Å²) in [7, 11) is 0. The van der Waals surface area contributed by atoms with Crippen LogP contribution in [0.25, 0.3) is 0 Å². The van der Waals surface area contributed by atoms with Gasteiger partial charge in [0.15, 0.2) is 0 Å². The highest BCUT2D eigenvalue weighted by molar-refractivity contribution is 4.73. The average molecular weight is 1190 g/mol. The Hall–Kier alpha value is -2.24. The van der Waals surface area contributed by atoms with Gasteiger partial charge < -0.3 is 73.6 Å². The number of aliphatic hydroxyl groups is 7. The van der Waals surface area contributed by atoms with Crippen LogP contribution < -0.4 is 0 Å². The van der Waals surface area contributed by atoms with Crippen LogP contribution in [0.1, 0.15) is 12.8 Å². The molecule has 0 saturated carbocycles. The van der Waals surface area contributed by atoms with Crippen molar-refractivity contribution >= 4 is 0 Å². The molecule has 0 heterocycles. The minimum atomic E-state index is -7.01. The van der Waals surface area contributed by atoms with E-state index in [2.05, 4.69) is 47.4 Å². The molecule has 0 aliphatic heterocycles. The van der Waals surface area contributed by atoms with E-state index in [1.165, 1.54) is 0 Å². The summed E-state index contributed by atoms with van der Waals surface area (Å²) in [4.78, 5) is 0. The third-order valence-corrected chi connectivity index (χ3v) is 7.34. The molecule has 7 N–H and O–H groups in total. The fourth-order valence-corrected chi connectivity index (χ4v) is 4.37. The van der Waals surface area contributed by atoms with Gasteiger partial charge >= 0.3 is 61.5 Å². The van der Waals surface area contributed by atoms with Gasteiger partial charge in [0.2, 0.25) is 0 Å². The van der Waals surface area contributed by atoms with Crippen molar-refractivity contribution < 1.29 is 190 Å². The number of alkyl halides is 20. The molecule has 0 saturated heterocycles. The van der Waals surface area contributed by atoms with Gasteiger partial charge in [-0.15, -0.1) is 17.6 Å². The highest BCUT2D eigenvalue weighted by Gasteiger charge is 2.70. The van der Waals surface area contributed by atoms with E-state index < -0.39 is 171 Å². The van der Waals surface area contributed by atoms with E-state index in [0.29, 0.717) is 0 Å². The van der Waals surface area contributed by atoms with Crippen LogP contribution in [0.3, 0.4) is 0 Å². The minimum absolute atomic E-state index is 0.0440. The lowest BCUT2D eigenvalue weighted by Gasteiger charge is -2.32. The Kier molecular flexibility index (Phi) is 31.9. The number of hydrogen-bond acceptors (Lipinski definition) is 21. The fraction of sp³-hybridized carbons (Fsp3) is 1.00. The third-order valence-electron chi connectivity index (χ3n) is 7.34. The molecule has 76 heavy (non-hydrogen) atoms. The summed E-state index contributed by atoms with van der Waals surface area (Å²) in [6, 6.07) is 0.